The molecule has 25 heavy (non-hydrogen) atoms. The van der Waals surface area contributed by atoms with Gasteiger partial charge in [-0.2, -0.15) is 0 Å². The number of carbonyl (C=O) groups is 1. The molecule has 0 aliphatic carbocycles. The molecule has 1 aliphatic heterocycles. The lowest BCUT2D eigenvalue weighted by Gasteiger charge is -2.23. The van der Waals surface area contributed by atoms with E-state index >= 15 is 0 Å². The highest BCUT2D eigenvalue weighted by molar-refractivity contribution is 5.94. The predicted octanol–water partition coefficient (Wildman–Crippen LogP) is 3.38. The Labute approximate surface area is 149 Å². The minimum Gasteiger partial charge on any atom is -0.322 e. The van der Waals surface area contributed by atoms with Crippen LogP contribution in [0, 0.1) is 0 Å². The summed E-state index contributed by atoms with van der Waals surface area (Å²) in [5.74, 6) is 0.803. The van der Waals surface area contributed by atoms with Gasteiger partial charge >= 0.3 is 0 Å². The van der Waals surface area contributed by atoms with Gasteiger partial charge in [0.1, 0.15) is 5.82 Å². The largest absolute Gasteiger partial charge is 0.322 e. The van der Waals surface area contributed by atoms with Crippen LogP contribution in [0.3, 0.4) is 0 Å². The molecule has 1 fully saturated rings. The Morgan fingerprint density at radius 3 is 2.52 bits per heavy atom. The number of amides is 1. The molecule has 1 aliphatic rings. The van der Waals surface area contributed by atoms with Crippen LogP contribution < -0.4 is 5.32 Å². The zero-order valence-corrected chi connectivity index (χ0v) is 15.2. The SMILES string of the molecule is CC(C)(C)c1ncc(NC(=O)[C@@H]2CCCN2Cc2ccccc2)cn1. The van der Waals surface area contributed by atoms with Crippen molar-refractivity contribution >= 4 is 11.6 Å². The normalized spacial score (nSPS) is 18.3. The number of hydrogen-bond acceptors (Lipinski definition) is 4. The van der Waals surface area contributed by atoms with Gasteiger partial charge in [0.05, 0.1) is 24.1 Å². The lowest BCUT2D eigenvalue weighted by molar-refractivity contribution is -0.120. The summed E-state index contributed by atoms with van der Waals surface area (Å²) in [7, 11) is 0. The van der Waals surface area contributed by atoms with Gasteiger partial charge in [0.15, 0.2) is 0 Å². The van der Waals surface area contributed by atoms with Gasteiger partial charge in [0, 0.05) is 12.0 Å². The first-order valence-electron chi connectivity index (χ1n) is 8.85. The molecule has 0 saturated carbocycles. The van der Waals surface area contributed by atoms with Crippen molar-refractivity contribution in [2.75, 3.05) is 11.9 Å². The zero-order valence-electron chi connectivity index (χ0n) is 15.2. The number of benzene rings is 1. The van der Waals surface area contributed by atoms with E-state index < -0.39 is 0 Å². The molecule has 1 atom stereocenters. The Morgan fingerprint density at radius 2 is 1.88 bits per heavy atom. The molecule has 1 amide bonds. The van der Waals surface area contributed by atoms with Crippen molar-refractivity contribution in [3.63, 3.8) is 0 Å². The summed E-state index contributed by atoms with van der Waals surface area (Å²) in [6.45, 7) is 7.96. The van der Waals surface area contributed by atoms with E-state index in [1.165, 1.54) is 5.56 Å². The number of rotatable bonds is 4. The van der Waals surface area contributed by atoms with Crippen LogP contribution in [0.5, 0.6) is 0 Å². The van der Waals surface area contributed by atoms with Crippen molar-refractivity contribution in [1.82, 2.24) is 14.9 Å². The lowest BCUT2D eigenvalue weighted by atomic mass is 9.96. The fourth-order valence-electron chi connectivity index (χ4n) is 3.14. The topological polar surface area (TPSA) is 58.1 Å². The van der Waals surface area contributed by atoms with Crippen LogP contribution in [0.15, 0.2) is 42.7 Å². The van der Waals surface area contributed by atoms with Gasteiger partial charge in [-0.1, -0.05) is 51.1 Å². The fourth-order valence-corrected chi connectivity index (χ4v) is 3.14. The second-order valence-corrected chi connectivity index (χ2v) is 7.65. The molecule has 2 heterocycles. The molecule has 0 radical (unpaired) electrons. The molecule has 0 spiro atoms. The number of hydrogen-bond donors (Lipinski definition) is 1. The smallest absolute Gasteiger partial charge is 0.241 e. The maximum Gasteiger partial charge on any atom is 0.241 e. The number of nitrogens with one attached hydrogen (secondary N) is 1. The van der Waals surface area contributed by atoms with Gasteiger partial charge in [0.2, 0.25) is 5.91 Å². The summed E-state index contributed by atoms with van der Waals surface area (Å²) in [4.78, 5) is 23.7. The van der Waals surface area contributed by atoms with Crippen molar-refractivity contribution in [1.29, 1.82) is 0 Å². The summed E-state index contributed by atoms with van der Waals surface area (Å²) in [5.41, 5.74) is 1.80. The van der Waals surface area contributed by atoms with E-state index in [-0.39, 0.29) is 17.4 Å². The minimum atomic E-state index is -0.0968. The second-order valence-electron chi connectivity index (χ2n) is 7.65. The Bertz CT molecular complexity index is 707. The summed E-state index contributed by atoms with van der Waals surface area (Å²) in [6.07, 6.45) is 5.33. The highest BCUT2D eigenvalue weighted by Crippen LogP contribution is 2.22. The molecule has 5 nitrogen and oxygen atoms in total. The third-order valence-electron chi connectivity index (χ3n) is 4.48. The van der Waals surface area contributed by atoms with E-state index in [0.29, 0.717) is 5.69 Å². The van der Waals surface area contributed by atoms with Crippen molar-refractivity contribution in [3.05, 3.63) is 54.1 Å². The van der Waals surface area contributed by atoms with Gasteiger partial charge in [-0.25, -0.2) is 9.97 Å². The summed E-state index contributed by atoms with van der Waals surface area (Å²) in [5, 5.41) is 2.97. The van der Waals surface area contributed by atoms with E-state index in [1.54, 1.807) is 12.4 Å². The number of aromatic nitrogens is 2. The molecule has 2 aromatic rings. The fraction of sp³-hybridized carbons (Fsp3) is 0.450. The Balaban J connectivity index is 1.64. The van der Waals surface area contributed by atoms with Crippen LogP contribution in [0.4, 0.5) is 5.69 Å². The third kappa shape index (κ3) is 4.42. The van der Waals surface area contributed by atoms with Gasteiger partial charge in [-0.05, 0) is 24.9 Å². The molecular formula is C20H26N4O. The number of nitrogens with zero attached hydrogens (tertiary/aromatic N) is 3. The standard InChI is InChI=1S/C20H26N4O/c1-20(2,3)19-21-12-16(13-22-19)23-18(25)17-10-7-11-24(17)14-15-8-5-4-6-9-15/h4-6,8-9,12-13,17H,7,10-11,14H2,1-3H3,(H,23,25)/t17-/m0/s1. The summed E-state index contributed by atoms with van der Waals surface area (Å²) in [6, 6.07) is 10.2. The van der Waals surface area contributed by atoms with Crippen LogP contribution in [0.25, 0.3) is 0 Å². The Kier molecular flexibility index (Phi) is 5.13. The molecule has 1 aromatic heterocycles. The van der Waals surface area contributed by atoms with E-state index in [4.69, 9.17) is 0 Å². The van der Waals surface area contributed by atoms with Crippen molar-refractivity contribution in [2.24, 2.45) is 0 Å². The number of likely N-dealkylation sites (tertiary alicyclic amines) is 1. The van der Waals surface area contributed by atoms with E-state index in [9.17, 15) is 4.79 Å². The average Bonchev–Trinajstić information content (AvgIpc) is 3.04. The molecule has 0 bridgehead atoms. The van der Waals surface area contributed by atoms with Gasteiger partial charge in [-0.15, -0.1) is 0 Å². The van der Waals surface area contributed by atoms with Crippen molar-refractivity contribution in [2.45, 2.75) is 51.6 Å². The maximum atomic E-state index is 12.7. The van der Waals surface area contributed by atoms with Crippen LogP contribution in [0.1, 0.15) is 45.0 Å². The Morgan fingerprint density at radius 1 is 1.20 bits per heavy atom. The van der Waals surface area contributed by atoms with Crippen LogP contribution >= 0.6 is 0 Å². The zero-order chi connectivity index (χ0) is 17.9. The Hall–Kier alpha value is -2.27. The average molecular weight is 338 g/mol. The summed E-state index contributed by atoms with van der Waals surface area (Å²) < 4.78 is 0. The van der Waals surface area contributed by atoms with Crippen molar-refractivity contribution in [3.8, 4) is 0 Å². The quantitative estimate of drug-likeness (QED) is 0.928. The van der Waals surface area contributed by atoms with Crippen LogP contribution in [-0.4, -0.2) is 33.4 Å². The highest BCUT2D eigenvalue weighted by atomic mass is 16.2. The van der Waals surface area contributed by atoms with Gasteiger partial charge < -0.3 is 5.32 Å². The first-order valence-corrected chi connectivity index (χ1v) is 8.85. The first kappa shape index (κ1) is 17.5. The number of anilines is 1. The van der Waals surface area contributed by atoms with Crippen LogP contribution in [-0.2, 0) is 16.8 Å². The van der Waals surface area contributed by atoms with Gasteiger partial charge in [-0.3, -0.25) is 9.69 Å². The van der Waals surface area contributed by atoms with E-state index in [0.717, 1.165) is 31.8 Å². The van der Waals surface area contributed by atoms with Crippen molar-refractivity contribution < 1.29 is 4.79 Å². The first-order chi connectivity index (χ1) is 11.9. The van der Waals surface area contributed by atoms with E-state index in [1.807, 2.05) is 18.2 Å². The third-order valence-corrected chi connectivity index (χ3v) is 4.48. The van der Waals surface area contributed by atoms with Gasteiger partial charge in [0.25, 0.3) is 0 Å². The molecule has 1 saturated heterocycles. The molecule has 3 rings (SSSR count). The highest BCUT2D eigenvalue weighted by Gasteiger charge is 2.30. The summed E-state index contributed by atoms with van der Waals surface area (Å²) >= 11 is 0. The number of carbonyl (C=O) groups excluding carboxylic acids is 1. The lowest BCUT2D eigenvalue weighted by Crippen LogP contribution is -2.39. The van der Waals surface area contributed by atoms with Crippen LogP contribution in [0.2, 0.25) is 0 Å². The minimum absolute atomic E-state index is 0.0283. The molecule has 0 unspecified atom stereocenters. The predicted molar refractivity (Wildman–Crippen MR) is 99.2 cm³/mol. The molecule has 5 heteroatoms. The van der Waals surface area contributed by atoms with E-state index in [2.05, 4.69) is 53.1 Å². The molecule has 1 N–H and O–H groups in total. The monoisotopic (exact) mass is 338 g/mol. The molecule has 132 valence electrons. The second kappa shape index (κ2) is 7.31. The maximum absolute atomic E-state index is 12.7. The molecule has 1 aromatic carbocycles. The molecular weight excluding hydrogens is 312 g/mol.